The standard InChI is InChI=1S/C16H22Cl2N2O/c1-11(2)20(10-13-5-3-4-8-19-13)16(21)12-6-7-14(17)15(18)9-12/h6-7,9,11,13,19H,3-5,8,10H2,1-2H3. The van der Waals surface area contributed by atoms with Crippen LogP contribution in [0.15, 0.2) is 18.2 Å². The van der Waals surface area contributed by atoms with Crippen molar-refractivity contribution in [1.82, 2.24) is 10.2 Å². The summed E-state index contributed by atoms with van der Waals surface area (Å²) >= 11 is 11.9. The summed E-state index contributed by atoms with van der Waals surface area (Å²) < 4.78 is 0. The van der Waals surface area contributed by atoms with Gasteiger partial charge in [0.2, 0.25) is 0 Å². The van der Waals surface area contributed by atoms with Gasteiger partial charge in [0.15, 0.2) is 0 Å². The molecule has 0 spiro atoms. The van der Waals surface area contributed by atoms with Crippen molar-refractivity contribution in [3.8, 4) is 0 Å². The Labute approximate surface area is 136 Å². The number of carbonyl (C=O) groups is 1. The first-order valence-electron chi connectivity index (χ1n) is 7.48. The number of halogens is 2. The predicted molar refractivity (Wildman–Crippen MR) is 88.3 cm³/mol. The minimum atomic E-state index is 0.0101. The Morgan fingerprint density at radius 2 is 2.10 bits per heavy atom. The Hall–Kier alpha value is -0.770. The van der Waals surface area contributed by atoms with Crippen molar-refractivity contribution in [1.29, 1.82) is 0 Å². The second kappa shape index (κ2) is 7.48. The zero-order chi connectivity index (χ0) is 15.4. The molecule has 0 radical (unpaired) electrons. The third kappa shape index (κ3) is 4.35. The number of nitrogens with one attached hydrogen (secondary N) is 1. The van der Waals surface area contributed by atoms with Gasteiger partial charge in [-0.1, -0.05) is 29.6 Å². The monoisotopic (exact) mass is 328 g/mol. The molecule has 1 aliphatic rings. The van der Waals surface area contributed by atoms with Gasteiger partial charge in [0.1, 0.15) is 0 Å². The molecule has 1 saturated heterocycles. The van der Waals surface area contributed by atoms with E-state index in [0.29, 0.717) is 21.7 Å². The molecule has 0 saturated carbocycles. The Kier molecular flexibility index (Phi) is 5.91. The Morgan fingerprint density at radius 3 is 2.67 bits per heavy atom. The summed E-state index contributed by atoms with van der Waals surface area (Å²) in [6, 6.07) is 5.59. The lowest BCUT2D eigenvalue weighted by Gasteiger charge is -2.33. The Morgan fingerprint density at radius 1 is 1.33 bits per heavy atom. The lowest BCUT2D eigenvalue weighted by atomic mass is 10.0. The number of benzene rings is 1. The van der Waals surface area contributed by atoms with E-state index in [1.807, 2.05) is 18.7 Å². The lowest BCUT2D eigenvalue weighted by molar-refractivity contribution is 0.0677. The van der Waals surface area contributed by atoms with Crippen molar-refractivity contribution in [3.05, 3.63) is 33.8 Å². The number of nitrogens with zero attached hydrogens (tertiary/aromatic N) is 1. The summed E-state index contributed by atoms with van der Waals surface area (Å²) in [5.74, 6) is 0.0101. The molecule has 1 fully saturated rings. The smallest absolute Gasteiger partial charge is 0.254 e. The van der Waals surface area contributed by atoms with Crippen LogP contribution in [-0.2, 0) is 0 Å². The van der Waals surface area contributed by atoms with Crippen molar-refractivity contribution in [2.45, 2.75) is 45.2 Å². The minimum absolute atomic E-state index is 0.0101. The minimum Gasteiger partial charge on any atom is -0.335 e. The van der Waals surface area contributed by atoms with Crippen LogP contribution in [0.1, 0.15) is 43.5 Å². The molecule has 1 aromatic rings. The first-order chi connectivity index (χ1) is 9.99. The number of amides is 1. The molecule has 0 bridgehead atoms. The summed E-state index contributed by atoms with van der Waals surface area (Å²) in [5.41, 5.74) is 0.592. The highest BCUT2D eigenvalue weighted by Crippen LogP contribution is 2.24. The quantitative estimate of drug-likeness (QED) is 0.906. The van der Waals surface area contributed by atoms with Crippen molar-refractivity contribution < 1.29 is 4.79 Å². The fourth-order valence-corrected chi connectivity index (χ4v) is 2.94. The van der Waals surface area contributed by atoms with Crippen LogP contribution in [0.3, 0.4) is 0 Å². The molecule has 1 N–H and O–H groups in total. The van der Waals surface area contributed by atoms with Crippen molar-refractivity contribution in [2.24, 2.45) is 0 Å². The third-order valence-corrected chi connectivity index (χ3v) is 4.62. The van der Waals surface area contributed by atoms with E-state index in [2.05, 4.69) is 5.32 Å². The summed E-state index contributed by atoms with van der Waals surface area (Å²) in [6.45, 7) is 5.85. The highest BCUT2D eigenvalue weighted by Gasteiger charge is 2.24. The summed E-state index contributed by atoms with van der Waals surface area (Å²) in [7, 11) is 0. The molecule has 1 atom stereocenters. The first kappa shape index (κ1) is 16.6. The van der Waals surface area contributed by atoms with Crippen LogP contribution in [-0.4, -0.2) is 36.0 Å². The van der Waals surface area contributed by atoms with Gasteiger partial charge >= 0.3 is 0 Å². The fraction of sp³-hybridized carbons (Fsp3) is 0.562. The molecule has 0 aromatic heterocycles. The molecule has 116 valence electrons. The first-order valence-corrected chi connectivity index (χ1v) is 8.24. The van der Waals surface area contributed by atoms with E-state index >= 15 is 0 Å². The summed E-state index contributed by atoms with van der Waals surface area (Å²) in [6.07, 6.45) is 3.57. The molecular formula is C16H22Cl2N2O. The van der Waals surface area contributed by atoms with E-state index in [9.17, 15) is 4.79 Å². The number of hydrogen-bond acceptors (Lipinski definition) is 2. The molecule has 1 unspecified atom stereocenters. The number of carbonyl (C=O) groups excluding carboxylic acids is 1. The van der Waals surface area contributed by atoms with Crippen LogP contribution < -0.4 is 5.32 Å². The average Bonchev–Trinajstić information content (AvgIpc) is 2.47. The van der Waals surface area contributed by atoms with Gasteiger partial charge in [0.05, 0.1) is 10.0 Å². The van der Waals surface area contributed by atoms with Gasteiger partial charge < -0.3 is 10.2 Å². The van der Waals surface area contributed by atoms with E-state index in [1.54, 1.807) is 18.2 Å². The van der Waals surface area contributed by atoms with Gasteiger partial charge in [-0.25, -0.2) is 0 Å². The normalized spacial score (nSPS) is 18.8. The van der Waals surface area contributed by atoms with E-state index in [0.717, 1.165) is 19.5 Å². The van der Waals surface area contributed by atoms with Crippen LogP contribution in [0, 0.1) is 0 Å². The van der Waals surface area contributed by atoms with E-state index < -0.39 is 0 Å². The molecule has 2 rings (SSSR count). The molecule has 5 heteroatoms. The zero-order valence-corrected chi connectivity index (χ0v) is 14.0. The number of rotatable bonds is 4. The molecule has 1 aromatic carbocycles. The molecule has 1 aliphatic heterocycles. The van der Waals surface area contributed by atoms with Gasteiger partial charge in [0, 0.05) is 24.2 Å². The van der Waals surface area contributed by atoms with Crippen LogP contribution in [0.25, 0.3) is 0 Å². The van der Waals surface area contributed by atoms with Gasteiger partial charge in [0.25, 0.3) is 5.91 Å². The molecular weight excluding hydrogens is 307 g/mol. The topological polar surface area (TPSA) is 32.3 Å². The van der Waals surface area contributed by atoms with Crippen LogP contribution in [0.2, 0.25) is 10.0 Å². The van der Waals surface area contributed by atoms with Gasteiger partial charge in [-0.3, -0.25) is 4.79 Å². The maximum Gasteiger partial charge on any atom is 0.254 e. The zero-order valence-electron chi connectivity index (χ0n) is 12.5. The maximum absolute atomic E-state index is 12.7. The highest BCUT2D eigenvalue weighted by molar-refractivity contribution is 6.42. The van der Waals surface area contributed by atoms with Crippen LogP contribution >= 0.6 is 23.2 Å². The van der Waals surface area contributed by atoms with Gasteiger partial charge in [-0.05, 0) is 51.4 Å². The van der Waals surface area contributed by atoms with Crippen molar-refractivity contribution in [2.75, 3.05) is 13.1 Å². The van der Waals surface area contributed by atoms with E-state index in [4.69, 9.17) is 23.2 Å². The van der Waals surface area contributed by atoms with Crippen molar-refractivity contribution >= 4 is 29.1 Å². The fourth-order valence-electron chi connectivity index (χ4n) is 2.64. The van der Waals surface area contributed by atoms with Crippen molar-refractivity contribution in [3.63, 3.8) is 0 Å². The molecule has 1 amide bonds. The molecule has 3 nitrogen and oxygen atoms in total. The SMILES string of the molecule is CC(C)N(CC1CCCCN1)C(=O)c1ccc(Cl)c(Cl)c1. The van der Waals surface area contributed by atoms with E-state index in [1.165, 1.54) is 12.8 Å². The maximum atomic E-state index is 12.7. The molecule has 0 aliphatic carbocycles. The second-order valence-electron chi connectivity index (χ2n) is 5.83. The van der Waals surface area contributed by atoms with Gasteiger partial charge in [-0.2, -0.15) is 0 Å². The number of piperidine rings is 1. The summed E-state index contributed by atoms with van der Waals surface area (Å²) in [4.78, 5) is 14.6. The second-order valence-corrected chi connectivity index (χ2v) is 6.64. The Bertz CT molecular complexity index is 499. The number of hydrogen-bond donors (Lipinski definition) is 1. The lowest BCUT2D eigenvalue weighted by Crippen LogP contribution is -2.48. The molecule has 1 heterocycles. The third-order valence-electron chi connectivity index (χ3n) is 3.88. The highest BCUT2D eigenvalue weighted by atomic mass is 35.5. The summed E-state index contributed by atoms with van der Waals surface area (Å²) in [5, 5.41) is 4.38. The van der Waals surface area contributed by atoms with Crippen LogP contribution in [0.5, 0.6) is 0 Å². The van der Waals surface area contributed by atoms with Crippen LogP contribution in [0.4, 0.5) is 0 Å². The predicted octanol–water partition coefficient (Wildman–Crippen LogP) is 3.99. The average molecular weight is 329 g/mol. The Balaban J connectivity index is 2.12. The van der Waals surface area contributed by atoms with Gasteiger partial charge in [-0.15, -0.1) is 0 Å². The molecule has 21 heavy (non-hydrogen) atoms. The largest absolute Gasteiger partial charge is 0.335 e. The van der Waals surface area contributed by atoms with E-state index in [-0.39, 0.29) is 11.9 Å².